The molecule has 4 saturated carbocycles. The lowest BCUT2D eigenvalue weighted by Gasteiger charge is -2.60. The van der Waals surface area contributed by atoms with Gasteiger partial charge in [0.15, 0.2) is 9.84 Å². The fourth-order valence-corrected chi connectivity index (χ4v) is 9.46. The third-order valence-corrected chi connectivity index (χ3v) is 11.0. The quantitative estimate of drug-likeness (QED) is 0.697. The van der Waals surface area contributed by atoms with Crippen molar-refractivity contribution in [3.8, 4) is 0 Å². The Balaban J connectivity index is 1.62. The van der Waals surface area contributed by atoms with E-state index in [1.54, 1.807) is 0 Å². The molecule has 0 heterocycles. The van der Waals surface area contributed by atoms with E-state index in [1.165, 1.54) is 70.6 Å². The normalized spacial score (nSPS) is 48.4. The summed E-state index contributed by atoms with van der Waals surface area (Å²) in [5.74, 6) is 4.20. The molecule has 0 saturated heterocycles. The molecule has 4 aliphatic carbocycles. The minimum atomic E-state index is -2.86. The van der Waals surface area contributed by atoms with E-state index in [1.807, 2.05) is 6.92 Å². The average molecular weight is 353 g/mol. The van der Waals surface area contributed by atoms with E-state index < -0.39 is 9.84 Å². The predicted octanol–water partition coefficient (Wildman–Crippen LogP) is 5.22. The largest absolute Gasteiger partial charge is 0.229 e. The molecule has 0 aromatic rings. The van der Waals surface area contributed by atoms with Crippen LogP contribution in [-0.2, 0) is 9.84 Å². The molecule has 0 aromatic heterocycles. The molecule has 0 aliphatic heterocycles. The number of rotatable bonds is 3. The maximum Gasteiger partial charge on any atom is 0.150 e. The molecule has 2 nitrogen and oxygen atoms in total. The first-order valence-electron chi connectivity index (χ1n) is 10.6. The third-order valence-electron chi connectivity index (χ3n) is 9.06. The summed E-state index contributed by atoms with van der Waals surface area (Å²) in [6.07, 6.45) is 14.8. The van der Waals surface area contributed by atoms with Crippen LogP contribution in [0.1, 0.15) is 84.5 Å². The molecule has 0 aromatic carbocycles. The molecule has 0 unspecified atom stereocenters. The lowest BCUT2D eigenvalue weighted by atomic mass is 9.45. The van der Waals surface area contributed by atoms with Crippen molar-refractivity contribution in [2.24, 2.45) is 34.5 Å². The van der Waals surface area contributed by atoms with Crippen molar-refractivity contribution in [2.45, 2.75) is 84.5 Å². The van der Waals surface area contributed by atoms with E-state index >= 15 is 0 Å². The maximum absolute atomic E-state index is 12.5. The van der Waals surface area contributed by atoms with Crippen molar-refractivity contribution < 1.29 is 8.42 Å². The molecule has 4 rings (SSSR count). The summed E-state index contributed by atoms with van der Waals surface area (Å²) >= 11 is 0. The van der Waals surface area contributed by atoms with Gasteiger partial charge in [-0.15, -0.1) is 0 Å². The zero-order valence-corrected chi connectivity index (χ0v) is 16.5. The first-order chi connectivity index (χ1) is 11.4. The summed E-state index contributed by atoms with van der Waals surface area (Å²) in [6, 6.07) is 0. The van der Waals surface area contributed by atoms with Gasteiger partial charge in [0, 0.05) is 5.75 Å². The Labute approximate surface area is 149 Å². The number of hydrogen-bond acceptors (Lipinski definition) is 2. The topological polar surface area (TPSA) is 34.1 Å². The Morgan fingerprint density at radius 1 is 0.875 bits per heavy atom. The van der Waals surface area contributed by atoms with Gasteiger partial charge in [-0.25, -0.2) is 8.42 Å². The van der Waals surface area contributed by atoms with Gasteiger partial charge in [-0.2, -0.15) is 0 Å². The molecule has 6 atom stereocenters. The van der Waals surface area contributed by atoms with E-state index in [4.69, 9.17) is 0 Å². The lowest BCUT2D eigenvalue weighted by molar-refractivity contribution is -0.102. The molecular formula is C21H36O2S. The smallest absolute Gasteiger partial charge is 0.150 e. The fourth-order valence-electron chi connectivity index (χ4n) is 7.88. The molecular weight excluding hydrogens is 316 g/mol. The van der Waals surface area contributed by atoms with Gasteiger partial charge in [0.1, 0.15) is 0 Å². The molecule has 4 fully saturated rings. The molecule has 0 N–H and O–H groups in total. The van der Waals surface area contributed by atoms with Crippen molar-refractivity contribution in [3.05, 3.63) is 0 Å². The van der Waals surface area contributed by atoms with Gasteiger partial charge in [-0.05, 0) is 85.9 Å². The van der Waals surface area contributed by atoms with E-state index in [0.717, 1.165) is 17.8 Å². The maximum atomic E-state index is 12.5. The van der Waals surface area contributed by atoms with Crippen LogP contribution < -0.4 is 0 Å². The van der Waals surface area contributed by atoms with Crippen molar-refractivity contribution >= 4 is 9.84 Å². The van der Waals surface area contributed by atoms with Gasteiger partial charge in [-0.1, -0.05) is 33.1 Å². The van der Waals surface area contributed by atoms with Crippen LogP contribution in [0.25, 0.3) is 0 Å². The molecule has 0 radical (unpaired) electrons. The van der Waals surface area contributed by atoms with Gasteiger partial charge in [0.2, 0.25) is 0 Å². The molecule has 0 amide bonds. The Kier molecular flexibility index (Phi) is 4.34. The second-order valence-electron chi connectivity index (χ2n) is 9.87. The number of sulfone groups is 1. The van der Waals surface area contributed by atoms with Crippen LogP contribution in [0, 0.1) is 34.5 Å². The second-order valence-corrected chi connectivity index (χ2v) is 12.2. The van der Waals surface area contributed by atoms with Crippen LogP contribution in [0.4, 0.5) is 0 Å². The molecule has 3 heteroatoms. The summed E-state index contributed by atoms with van der Waals surface area (Å²) in [5, 5.41) is 0. The molecule has 4 aliphatic rings. The monoisotopic (exact) mass is 352 g/mol. The molecule has 0 bridgehead atoms. The minimum absolute atomic E-state index is 0.147. The summed E-state index contributed by atoms with van der Waals surface area (Å²) < 4.78 is 24.9. The Morgan fingerprint density at radius 3 is 2.50 bits per heavy atom. The van der Waals surface area contributed by atoms with E-state index in [9.17, 15) is 8.42 Å². The number of hydrogen-bond donors (Lipinski definition) is 0. The SMILES string of the molecule is CCS(=O)(=O)C[C@@]12CCC[C@H]1[C@@H]1CC[C@H]3CCCC[C@]3(C)[C@H]1CC2. The van der Waals surface area contributed by atoms with Crippen LogP contribution in [0.2, 0.25) is 0 Å². The third kappa shape index (κ3) is 2.59. The Bertz CT molecular complexity index is 583. The highest BCUT2D eigenvalue weighted by molar-refractivity contribution is 7.91. The van der Waals surface area contributed by atoms with Crippen LogP contribution in [0.15, 0.2) is 0 Å². The standard InChI is InChI=1S/C21H36O2S/c1-3-24(22,23)15-21-13-6-8-19(21)17-10-9-16-7-4-5-12-20(16,2)18(17)11-14-21/h16-19H,3-15H2,1-2H3/t16-,17-,18+,19+,20+,21+/m1/s1. The highest BCUT2D eigenvalue weighted by Gasteiger charge is 2.59. The van der Waals surface area contributed by atoms with Gasteiger partial charge >= 0.3 is 0 Å². The van der Waals surface area contributed by atoms with E-state index in [0.29, 0.717) is 22.8 Å². The lowest BCUT2D eigenvalue weighted by Crippen LogP contribution is -2.53. The predicted molar refractivity (Wildman–Crippen MR) is 99.6 cm³/mol. The van der Waals surface area contributed by atoms with Gasteiger partial charge in [0.25, 0.3) is 0 Å². The van der Waals surface area contributed by atoms with Crippen molar-refractivity contribution in [2.75, 3.05) is 11.5 Å². The molecule has 24 heavy (non-hydrogen) atoms. The second kappa shape index (κ2) is 5.99. The Hall–Kier alpha value is -0.0500. The van der Waals surface area contributed by atoms with Crippen molar-refractivity contribution in [1.29, 1.82) is 0 Å². The highest BCUT2D eigenvalue weighted by atomic mass is 32.2. The van der Waals surface area contributed by atoms with Gasteiger partial charge in [-0.3, -0.25) is 0 Å². The van der Waals surface area contributed by atoms with Gasteiger partial charge < -0.3 is 0 Å². The van der Waals surface area contributed by atoms with Crippen LogP contribution >= 0.6 is 0 Å². The van der Waals surface area contributed by atoms with Crippen LogP contribution in [-0.4, -0.2) is 19.9 Å². The summed E-state index contributed by atoms with van der Waals surface area (Å²) in [7, 11) is -2.86. The number of fused-ring (bicyclic) bond motifs is 5. The average Bonchev–Trinajstić information content (AvgIpc) is 2.97. The van der Waals surface area contributed by atoms with Gasteiger partial charge in [0.05, 0.1) is 5.75 Å². The molecule has 138 valence electrons. The van der Waals surface area contributed by atoms with Crippen molar-refractivity contribution in [3.63, 3.8) is 0 Å². The highest BCUT2D eigenvalue weighted by Crippen LogP contribution is 2.66. The summed E-state index contributed by atoms with van der Waals surface area (Å²) in [4.78, 5) is 0. The minimum Gasteiger partial charge on any atom is -0.229 e. The first-order valence-corrected chi connectivity index (χ1v) is 12.4. The van der Waals surface area contributed by atoms with E-state index in [-0.39, 0.29) is 5.41 Å². The molecule has 0 spiro atoms. The summed E-state index contributed by atoms with van der Waals surface area (Å²) in [6.45, 7) is 4.44. The van der Waals surface area contributed by atoms with E-state index in [2.05, 4.69) is 6.92 Å². The van der Waals surface area contributed by atoms with Crippen LogP contribution in [0.3, 0.4) is 0 Å². The van der Waals surface area contributed by atoms with Crippen molar-refractivity contribution in [1.82, 2.24) is 0 Å². The Morgan fingerprint density at radius 2 is 1.71 bits per heavy atom. The zero-order chi connectivity index (χ0) is 17.0. The first kappa shape index (κ1) is 17.4. The zero-order valence-electron chi connectivity index (χ0n) is 15.7. The fraction of sp³-hybridized carbons (Fsp3) is 1.00. The summed E-state index contributed by atoms with van der Waals surface area (Å²) in [5.41, 5.74) is 0.716. The van der Waals surface area contributed by atoms with Crippen LogP contribution in [0.5, 0.6) is 0 Å².